The normalized spacial score (nSPS) is 15.0. The van der Waals surface area contributed by atoms with Crippen molar-refractivity contribution < 1.29 is 13.9 Å². The minimum absolute atomic E-state index is 0.135. The van der Waals surface area contributed by atoms with E-state index in [1.807, 2.05) is 29.2 Å². The van der Waals surface area contributed by atoms with Crippen LogP contribution in [0.1, 0.15) is 30.3 Å². The number of benzene rings is 1. The summed E-state index contributed by atoms with van der Waals surface area (Å²) < 4.78 is 11.0. The Bertz CT molecular complexity index is 1020. The van der Waals surface area contributed by atoms with Crippen molar-refractivity contribution in [3.8, 4) is 6.07 Å². The number of para-hydroxylation sites is 2. The molecule has 0 aliphatic carbocycles. The summed E-state index contributed by atoms with van der Waals surface area (Å²) in [6.45, 7) is 3.07. The summed E-state index contributed by atoms with van der Waals surface area (Å²) in [5, 5.41) is 12.8. The minimum atomic E-state index is -0.733. The van der Waals surface area contributed by atoms with Gasteiger partial charge < -0.3 is 19.4 Å². The molecule has 30 heavy (non-hydrogen) atoms. The second-order valence-corrected chi connectivity index (χ2v) is 6.91. The molecule has 0 radical (unpaired) electrons. The molecule has 0 spiro atoms. The number of rotatable bonds is 7. The highest BCUT2D eigenvalue weighted by Crippen LogP contribution is 2.26. The van der Waals surface area contributed by atoms with Crippen LogP contribution in [-0.4, -0.2) is 58.6 Å². The van der Waals surface area contributed by atoms with Gasteiger partial charge in [-0.05, 0) is 24.6 Å². The van der Waals surface area contributed by atoms with Crippen LogP contribution in [0.2, 0.25) is 0 Å². The van der Waals surface area contributed by atoms with Crippen molar-refractivity contribution in [1.29, 1.82) is 5.26 Å². The van der Waals surface area contributed by atoms with E-state index >= 15 is 0 Å². The second kappa shape index (κ2) is 9.33. The maximum absolute atomic E-state index is 12.2. The number of carbonyl (C=O) groups is 1. The highest BCUT2D eigenvalue weighted by molar-refractivity contribution is 5.76. The molecule has 3 aromatic rings. The molecule has 1 aliphatic rings. The molecule has 2 aromatic heterocycles. The number of carbonyl (C=O) groups excluding carboxylic acids is 1. The SMILES string of the molecule is N#CC(c1ccnc(NCCCC(=O)N2CCOCC2)n1)c1nc2ccccc2o1. The zero-order valence-corrected chi connectivity index (χ0v) is 16.5. The number of oxazole rings is 1. The van der Waals surface area contributed by atoms with Gasteiger partial charge in [0.05, 0.1) is 25.0 Å². The minimum Gasteiger partial charge on any atom is -0.439 e. The highest BCUT2D eigenvalue weighted by Gasteiger charge is 2.22. The fourth-order valence-electron chi connectivity index (χ4n) is 3.29. The summed E-state index contributed by atoms with van der Waals surface area (Å²) in [5.41, 5.74) is 1.83. The zero-order chi connectivity index (χ0) is 20.8. The summed E-state index contributed by atoms with van der Waals surface area (Å²) in [5.74, 6) is 0.112. The highest BCUT2D eigenvalue weighted by atomic mass is 16.5. The van der Waals surface area contributed by atoms with Gasteiger partial charge in [-0.3, -0.25) is 4.79 Å². The molecular formula is C21H22N6O3. The fraction of sp³-hybridized carbons (Fsp3) is 0.381. The lowest BCUT2D eigenvalue weighted by Gasteiger charge is -2.26. The van der Waals surface area contributed by atoms with E-state index in [0.29, 0.717) is 74.3 Å². The van der Waals surface area contributed by atoms with Gasteiger partial charge in [0, 0.05) is 32.3 Å². The first-order valence-electron chi connectivity index (χ1n) is 9.92. The molecule has 4 rings (SSSR count). The number of aromatic nitrogens is 3. The Hall–Kier alpha value is -3.51. The lowest BCUT2D eigenvalue weighted by Crippen LogP contribution is -2.40. The number of amides is 1. The molecule has 1 amide bonds. The number of hydrogen-bond acceptors (Lipinski definition) is 8. The number of anilines is 1. The molecule has 1 fully saturated rings. The lowest BCUT2D eigenvalue weighted by molar-refractivity contribution is -0.135. The molecule has 1 aliphatic heterocycles. The predicted molar refractivity (Wildman–Crippen MR) is 109 cm³/mol. The molecule has 1 atom stereocenters. The molecule has 1 N–H and O–H groups in total. The van der Waals surface area contributed by atoms with E-state index in [0.717, 1.165) is 0 Å². The van der Waals surface area contributed by atoms with Gasteiger partial charge in [-0.15, -0.1) is 0 Å². The predicted octanol–water partition coefficient (Wildman–Crippen LogP) is 2.32. The van der Waals surface area contributed by atoms with E-state index < -0.39 is 5.92 Å². The van der Waals surface area contributed by atoms with E-state index in [9.17, 15) is 10.1 Å². The van der Waals surface area contributed by atoms with Crippen LogP contribution < -0.4 is 5.32 Å². The van der Waals surface area contributed by atoms with Gasteiger partial charge in [0.15, 0.2) is 11.5 Å². The van der Waals surface area contributed by atoms with Gasteiger partial charge in [0.2, 0.25) is 17.7 Å². The Morgan fingerprint density at radius 3 is 2.87 bits per heavy atom. The summed E-state index contributed by atoms with van der Waals surface area (Å²) in [6, 6.07) is 11.3. The van der Waals surface area contributed by atoms with Crippen molar-refractivity contribution in [2.45, 2.75) is 18.8 Å². The van der Waals surface area contributed by atoms with Crippen LogP contribution in [-0.2, 0) is 9.53 Å². The monoisotopic (exact) mass is 406 g/mol. The molecular weight excluding hydrogens is 384 g/mol. The first-order valence-corrected chi connectivity index (χ1v) is 9.92. The Morgan fingerprint density at radius 1 is 1.23 bits per heavy atom. The molecule has 0 saturated carbocycles. The third-order valence-electron chi connectivity index (χ3n) is 4.87. The van der Waals surface area contributed by atoms with E-state index in [4.69, 9.17) is 9.15 Å². The molecule has 1 unspecified atom stereocenters. The summed E-state index contributed by atoms with van der Waals surface area (Å²) in [6.07, 6.45) is 2.71. The summed E-state index contributed by atoms with van der Waals surface area (Å²) >= 11 is 0. The lowest BCUT2D eigenvalue weighted by atomic mass is 10.1. The van der Waals surface area contributed by atoms with Gasteiger partial charge in [0.1, 0.15) is 5.52 Å². The van der Waals surface area contributed by atoms with Crippen LogP contribution in [0, 0.1) is 11.3 Å². The number of nitrogens with one attached hydrogen (secondary N) is 1. The van der Waals surface area contributed by atoms with Gasteiger partial charge in [-0.2, -0.15) is 5.26 Å². The van der Waals surface area contributed by atoms with Gasteiger partial charge in [0.25, 0.3) is 0 Å². The maximum Gasteiger partial charge on any atom is 0.222 e. The quantitative estimate of drug-likeness (QED) is 0.594. The van der Waals surface area contributed by atoms with Gasteiger partial charge in [-0.25, -0.2) is 15.0 Å². The summed E-state index contributed by atoms with van der Waals surface area (Å²) in [4.78, 5) is 27.1. The Kier molecular flexibility index (Phi) is 6.15. The van der Waals surface area contributed by atoms with Crippen LogP contribution in [0.25, 0.3) is 11.1 Å². The first kappa shape index (κ1) is 19.8. The number of nitrogens with zero attached hydrogens (tertiary/aromatic N) is 5. The summed E-state index contributed by atoms with van der Waals surface area (Å²) in [7, 11) is 0. The number of morpholine rings is 1. The molecule has 1 saturated heterocycles. The van der Waals surface area contributed by atoms with Gasteiger partial charge in [-0.1, -0.05) is 12.1 Å². The van der Waals surface area contributed by atoms with Crippen LogP contribution in [0.5, 0.6) is 0 Å². The van der Waals surface area contributed by atoms with Crippen LogP contribution in [0.4, 0.5) is 5.95 Å². The fourth-order valence-corrected chi connectivity index (χ4v) is 3.29. The average Bonchev–Trinajstić information content (AvgIpc) is 3.22. The van der Waals surface area contributed by atoms with Crippen LogP contribution >= 0.6 is 0 Å². The van der Waals surface area contributed by atoms with Crippen molar-refractivity contribution in [3.05, 3.63) is 48.1 Å². The standard InChI is InChI=1S/C21H22N6O3/c22-14-15(20-25-17-4-1-2-5-18(17)30-20)16-7-9-24-21(26-16)23-8-3-6-19(28)27-10-12-29-13-11-27/h1-2,4-5,7,9,15H,3,6,8,10-13H2,(H,23,24,26). The van der Waals surface area contributed by atoms with Crippen molar-refractivity contribution in [2.24, 2.45) is 0 Å². The number of hydrogen-bond donors (Lipinski definition) is 1. The van der Waals surface area contributed by atoms with E-state index in [1.54, 1.807) is 12.3 Å². The third-order valence-corrected chi connectivity index (χ3v) is 4.87. The topological polar surface area (TPSA) is 117 Å². The van der Waals surface area contributed by atoms with Crippen molar-refractivity contribution in [3.63, 3.8) is 0 Å². The average molecular weight is 406 g/mol. The first-order chi connectivity index (χ1) is 14.7. The molecule has 1 aromatic carbocycles. The number of ether oxygens (including phenoxy) is 1. The Morgan fingerprint density at radius 2 is 2.07 bits per heavy atom. The largest absolute Gasteiger partial charge is 0.439 e. The Labute approximate surface area is 173 Å². The maximum atomic E-state index is 12.2. The van der Waals surface area contributed by atoms with Crippen LogP contribution in [0.3, 0.4) is 0 Å². The molecule has 154 valence electrons. The number of fused-ring (bicyclic) bond motifs is 1. The number of nitriles is 1. The molecule has 9 nitrogen and oxygen atoms in total. The van der Waals surface area contributed by atoms with Crippen molar-refractivity contribution >= 4 is 23.0 Å². The van der Waals surface area contributed by atoms with Crippen molar-refractivity contribution in [1.82, 2.24) is 19.9 Å². The smallest absolute Gasteiger partial charge is 0.222 e. The van der Waals surface area contributed by atoms with Gasteiger partial charge >= 0.3 is 0 Å². The van der Waals surface area contributed by atoms with E-state index in [-0.39, 0.29) is 5.91 Å². The zero-order valence-electron chi connectivity index (χ0n) is 16.5. The van der Waals surface area contributed by atoms with E-state index in [2.05, 4.69) is 26.3 Å². The molecule has 9 heteroatoms. The molecule has 0 bridgehead atoms. The third kappa shape index (κ3) is 4.55. The van der Waals surface area contributed by atoms with E-state index in [1.165, 1.54) is 0 Å². The second-order valence-electron chi connectivity index (χ2n) is 6.91. The van der Waals surface area contributed by atoms with Crippen molar-refractivity contribution in [2.75, 3.05) is 38.2 Å². The molecule has 3 heterocycles. The Balaban J connectivity index is 1.36. The van der Waals surface area contributed by atoms with Crippen LogP contribution in [0.15, 0.2) is 40.9 Å².